The molecule has 0 bridgehead atoms. The van der Waals surface area contributed by atoms with E-state index >= 15 is 0 Å². The Morgan fingerprint density at radius 3 is 2.77 bits per heavy atom. The molecule has 2 aliphatic rings. The third-order valence-corrected chi connectivity index (χ3v) is 3.77. The molecule has 22 heavy (non-hydrogen) atoms. The molecule has 0 aliphatic carbocycles. The van der Waals surface area contributed by atoms with E-state index < -0.39 is 0 Å². The van der Waals surface area contributed by atoms with Crippen molar-refractivity contribution in [3.63, 3.8) is 0 Å². The summed E-state index contributed by atoms with van der Waals surface area (Å²) in [5.41, 5.74) is 1.19. The number of benzene rings is 1. The van der Waals surface area contributed by atoms with Crippen LogP contribution in [0.2, 0.25) is 0 Å². The number of hydrogen-bond acceptors (Lipinski definition) is 3. The van der Waals surface area contributed by atoms with Crippen LogP contribution in [0.25, 0.3) is 0 Å². The van der Waals surface area contributed by atoms with E-state index in [2.05, 4.69) is 28.8 Å². The van der Waals surface area contributed by atoms with Crippen LogP contribution in [-0.2, 0) is 16.0 Å². The summed E-state index contributed by atoms with van der Waals surface area (Å²) < 4.78 is 5.84. The molecule has 2 N–H and O–H groups in total. The molecule has 0 fully saturated rings. The van der Waals surface area contributed by atoms with E-state index in [-0.39, 0.29) is 11.9 Å². The van der Waals surface area contributed by atoms with Gasteiger partial charge in [0.15, 0.2) is 0 Å². The van der Waals surface area contributed by atoms with Crippen LogP contribution in [0.1, 0.15) is 12.0 Å². The second kappa shape index (κ2) is 6.98. The molecule has 0 radical (unpaired) electrons. The first-order chi connectivity index (χ1) is 10.8. The van der Waals surface area contributed by atoms with E-state index in [0.717, 1.165) is 18.6 Å². The Bertz CT molecular complexity index is 605. The molecular formula is C18H20N2O2. The van der Waals surface area contributed by atoms with Crippen LogP contribution in [0.5, 0.6) is 0 Å². The smallest absolute Gasteiger partial charge is 0.248 e. The normalized spacial score (nSPS) is 22.9. The van der Waals surface area contributed by atoms with Gasteiger partial charge in [-0.15, -0.1) is 0 Å². The lowest BCUT2D eigenvalue weighted by Crippen LogP contribution is -2.31. The summed E-state index contributed by atoms with van der Waals surface area (Å²) in [6.45, 7) is 0.585. The first-order valence-electron chi connectivity index (χ1n) is 7.59. The Labute approximate surface area is 130 Å². The van der Waals surface area contributed by atoms with Crippen molar-refractivity contribution in [1.82, 2.24) is 10.6 Å². The number of allylic oxidation sites excluding steroid dienone is 2. The van der Waals surface area contributed by atoms with Gasteiger partial charge in [0.05, 0.1) is 12.6 Å². The van der Waals surface area contributed by atoms with Crippen molar-refractivity contribution in [2.24, 2.45) is 0 Å². The molecular weight excluding hydrogens is 276 g/mol. The molecule has 0 saturated carbocycles. The number of carbonyl (C=O) groups excluding carboxylic acids is 1. The number of hydrogen-bond donors (Lipinski definition) is 2. The van der Waals surface area contributed by atoms with Gasteiger partial charge in [0.2, 0.25) is 5.91 Å². The Morgan fingerprint density at radius 2 is 2.00 bits per heavy atom. The Kier molecular flexibility index (Phi) is 4.59. The van der Waals surface area contributed by atoms with Crippen LogP contribution < -0.4 is 10.6 Å². The van der Waals surface area contributed by atoms with E-state index in [1.54, 1.807) is 6.08 Å². The summed E-state index contributed by atoms with van der Waals surface area (Å²) in [6, 6.07) is 10.3. The average Bonchev–Trinajstić information content (AvgIpc) is 2.89. The predicted octanol–water partition coefficient (Wildman–Crippen LogP) is 2.06. The summed E-state index contributed by atoms with van der Waals surface area (Å²) in [6.07, 6.45) is 11.2. The molecule has 2 heterocycles. The minimum Gasteiger partial charge on any atom is -0.495 e. The third kappa shape index (κ3) is 3.79. The molecule has 2 aliphatic heterocycles. The fourth-order valence-electron chi connectivity index (χ4n) is 2.63. The van der Waals surface area contributed by atoms with E-state index in [1.807, 2.05) is 36.6 Å². The van der Waals surface area contributed by atoms with Crippen molar-refractivity contribution >= 4 is 5.91 Å². The molecule has 0 spiro atoms. The first-order valence-corrected chi connectivity index (χ1v) is 7.59. The summed E-state index contributed by atoms with van der Waals surface area (Å²) in [5, 5.41) is 6.20. The molecule has 3 rings (SSSR count). The van der Waals surface area contributed by atoms with Crippen LogP contribution in [0.3, 0.4) is 0 Å². The van der Waals surface area contributed by atoms with Crippen LogP contribution >= 0.6 is 0 Å². The van der Waals surface area contributed by atoms with Gasteiger partial charge >= 0.3 is 0 Å². The molecule has 0 saturated heterocycles. The van der Waals surface area contributed by atoms with Crippen molar-refractivity contribution in [1.29, 1.82) is 0 Å². The molecule has 4 nitrogen and oxygen atoms in total. The van der Waals surface area contributed by atoms with E-state index in [1.165, 1.54) is 5.56 Å². The largest absolute Gasteiger partial charge is 0.495 e. The SMILES string of the molecule is O=C1C=C(OCCC2C=CC=CN2)[C@H](Cc2ccccc2)N1. The number of amides is 1. The van der Waals surface area contributed by atoms with Crippen molar-refractivity contribution in [2.75, 3.05) is 6.61 Å². The van der Waals surface area contributed by atoms with Gasteiger partial charge in [-0.05, 0) is 24.3 Å². The van der Waals surface area contributed by atoms with Gasteiger partial charge in [0.25, 0.3) is 0 Å². The highest BCUT2D eigenvalue weighted by atomic mass is 16.5. The quantitative estimate of drug-likeness (QED) is 0.845. The maximum absolute atomic E-state index is 11.6. The summed E-state index contributed by atoms with van der Waals surface area (Å²) in [4.78, 5) is 11.6. The molecule has 4 heteroatoms. The van der Waals surface area contributed by atoms with Gasteiger partial charge in [-0.1, -0.05) is 42.5 Å². The maximum Gasteiger partial charge on any atom is 0.248 e. The summed E-state index contributed by atoms with van der Waals surface area (Å²) in [7, 11) is 0. The highest BCUT2D eigenvalue weighted by Gasteiger charge is 2.25. The zero-order valence-electron chi connectivity index (χ0n) is 12.4. The van der Waals surface area contributed by atoms with Crippen LogP contribution in [0, 0.1) is 0 Å². The van der Waals surface area contributed by atoms with Crippen molar-refractivity contribution in [2.45, 2.75) is 24.9 Å². The zero-order valence-corrected chi connectivity index (χ0v) is 12.4. The minimum absolute atomic E-state index is 0.0651. The van der Waals surface area contributed by atoms with E-state index in [4.69, 9.17) is 4.74 Å². The number of nitrogens with one attached hydrogen (secondary N) is 2. The molecule has 1 aromatic rings. The lowest BCUT2D eigenvalue weighted by molar-refractivity contribution is -0.116. The molecule has 114 valence electrons. The Hall–Kier alpha value is -2.49. The average molecular weight is 296 g/mol. The van der Waals surface area contributed by atoms with Crippen molar-refractivity contribution in [3.8, 4) is 0 Å². The second-order valence-corrected chi connectivity index (χ2v) is 5.45. The number of rotatable bonds is 6. The van der Waals surface area contributed by atoms with Crippen LogP contribution in [-0.4, -0.2) is 24.6 Å². The van der Waals surface area contributed by atoms with Crippen molar-refractivity contribution in [3.05, 3.63) is 72.2 Å². The second-order valence-electron chi connectivity index (χ2n) is 5.45. The molecule has 0 aromatic heterocycles. The number of carbonyl (C=O) groups is 1. The van der Waals surface area contributed by atoms with E-state index in [0.29, 0.717) is 12.6 Å². The Balaban J connectivity index is 1.52. The molecule has 1 amide bonds. The highest BCUT2D eigenvalue weighted by molar-refractivity contribution is 5.91. The predicted molar refractivity (Wildman–Crippen MR) is 85.9 cm³/mol. The lowest BCUT2D eigenvalue weighted by atomic mass is 10.1. The van der Waals surface area contributed by atoms with Gasteiger partial charge in [0.1, 0.15) is 5.76 Å². The summed E-state index contributed by atoms with van der Waals surface area (Å²) in [5.74, 6) is 0.665. The number of dihydropyridines is 1. The highest BCUT2D eigenvalue weighted by Crippen LogP contribution is 2.17. The molecule has 1 aromatic carbocycles. The Morgan fingerprint density at radius 1 is 1.14 bits per heavy atom. The maximum atomic E-state index is 11.6. The van der Waals surface area contributed by atoms with Crippen molar-refractivity contribution < 1.29 is 9.53 Å². The fourth-order valence-corrected chi connectivity index (χ4v) is 2.63. The first kappa shape index (κ1) is 14.4. The molecule has 2 atom stereocenters. The number of ether oxygens (including phenoxy) is 1. The van der Waals surface area contributed by atoms with Gasteiger partial charge < -0.3 is 15.4 Å². The minimum atomic E-state index is -0.0745. The van der Waals surface area contributed by atoms with Gasteiger partial charge in [-0.2, -0.15) is 0 Å². The van der Waals surface area contributed by atoms with Gasteiger partial charge in [-0.3, -0.25) is 4.79 Å². The zero-order chi connectivity index (χ0) is 15.2. The van der Waals surface area contributed by atoms with Gasteiger partial charge in [0, 0.05) is 18.5 Å². The topological polar surface area (TPSA) is 50.4 Å². The monoisotopic (exact) mass is 296 g/mol. The van der Waals surface area contributed by atoms with Crippen LogP contribution in [0.15, 0.2) is 66.6 Å². The summed E-state index contributed by atoms with van der Waals surface area (Å²) >= 11 is 0. The lowest BCUT2D eigenvalue weighted by Gasteiger charge is -2.19. The third-order valence-electron chi connectivity index (χ3n) is 3.77. The fraction of sp³-hybridized carbons (Fsp3) is 0.278. The molecule has 1 unspecified atom stereocenters. The van der Waals surface area contributed by atoms with Gasteiger partial charge in [-0.25, -0.2) is 0 Å². The van der Waals surface area contributed by atoms with E-state index in [9.17, 15) is 4.79 Å². The standard InChI is InChI=1S/C18H20N2O2/c21-18-13-17(22-11-9-15-8-4-5-10-19-15)16(20-18)12-14-6-2-1-3-7-14/h1-8,10,13,15-16,19H,9,11-12H2,(H,20,21)/t15?,16-/m0/s1. The van der Waals surface area contributed by atoms with Crippen LogP contribution in [0.4, 0.5) is 0 Å².